The van der Waals surface area contributed by atoms with Crippen molar-refractivity contribution in [3.63, 3.8) is 0 Å². The van der Waals surface area contributed by atoms with Crippen LogP contribution in [0.15, 0.2) is 30.3 Å². The Morgan fingerprint density at radius 1 is 0.714 bits per heavy atom. The third-order valence-corrected chi connectivity index (χ3v) is 5.55. The highest BCUT2D eigenvalue weighted by Gasteiger charge is 2.13. The van der Waals surface area contributed by atoms with Crippen LogP contribution in [0.4, 0.5) is 0 Å². The van der Waals surface area contributed by atoms with Gasteiger partial charge in [0.1, 0.15) is 6.10 Å². The van der Waals surface area contributed by atoms with Crippen molar-refractivity contribution in [1.82, 2.24) is 0 Å². The number of esters is 1. The van der Waals surface area contributed by atoms with Crippen LogP contribution in [0.3, 0.4) is 0 Å². The summed E-state index contributed by atoms with van der Waals surface area (Å²) in [7, 11) is 0. The Hall–Kier alpha value is -1.31. The van der Waals surface area contributed by atoms with E-state index in [9.17, 15) is 4.79 Å². The molecule has 0 saturated heterocycles. The number of carbonyl (C=O) groups is 1. The van der Waals surface area contributed by atoms with Crippen LogP contribution in [0.25, 0.3) is 0 Å². The maximum absolute atomic E-state index is 11.4. The summed E-state index contributed by atoms with van der Waals surface area (Å²) in [5.41, 5.74) is 1.11. The highest BCUT2D eigenvalue weighted by atomic mass is 16.5. The molecule has 0 N–H and O–H groups in total. The van der Waals surface area contributed by atoms with Gasteiger partial charge in [0.05, 0.1) is 0 Å². The van der Waals surface area contributed by atoms with Crippen LogP contribution in [0.1, 0.15) is 128 Å². The summed E-state index contributed by atoms with van der Waals surface area (Å²) in [6, 6.07) is 10.1. The smallest absolute Gasteiger partial charge is 0.303 e. The second kappa shape index (κ2) is 17.8. The topological polar surface area (TPSA) is 26.3 Å². The third kappa shape index (κ3) is 13.8. The standard InChI is InChI=1S/C26H44O2/c1-3-4-5-6-7-8-9-10-11-12-13-14-15-16-20-23-26(28-24(2)27)25-21-18-17-19-22-25/h17-19,21-22,26H,3-16,20,23H2,1-2H3. The van der Waals surface area contributed by atoms with E-state index in [4.69, 9.17) is 4.74 Å². The molecule has 0 heterocycles. The highest BCUT2D eigenvalue weighted by Crippen LogP contribution is 2.24. The zero-order chi connectivity index (χ0) is 20.3. The average Bonchev–Trinajstić information content (AvgIpc) is 2.70. The minimum atomic E-state index is -0.185. The zero-order valence-corrected chi connectivity index (χ0v) is 18.6. The summed E-state index contributed by atoms with van der Waals surface area (Å²) in [5.74, 6) is -0.185. The van der Waals surface area contributed by atoms with Gasteiger partial charge in [0, 0.05) is 6.92 Å². The fourth-order valence-electron chi connectivity index (χ4n) is 3.86. The molecule has 2 heteroatoms. The average molecular weight is 389 g/mol. The molecule has 0 radical (unpaired) electrons. The van der Waals surface area contributed by atoms with Crippen LogP contribution >= 0.6 is 0 Å². The Morgan fingerprint density at radius 2 is 1.14 bits per heavy atom. The Balaban J connectivity index is 1.94. The van der Waals surface area contributed by atoms with E-state index in [0.717, 1.165) is 18.4 Å². The van der Waals surface area contributed by atoms with Crippen LogP contribution in [-0.2, 0) is 9.53 Å². The Kier molecular flexibility index (Phi) is 15.7. The number of ether oxygens (including phenoxy) is 1. The molecule has 0 aliphatic carbocycles. The van der Waals surface area contributed by atoms with Crippen molar-refractivity contribution in [3.05, 3.63) is 35.9 Å². The zero-order valence-electron chi connectivity index (χ0n) is 18.6. The number of carbonyl (C=O) groups excluding carboxylic acids is 1. The maximum Gasteiger partial charge on any atom is 0.303 e. The number of hydrogen-bond donors (Lipinski definition) is 0. The summed E-state index contributed by atoms with van der Waals surface area (Å²) in [4.78, 5) is 11.4. The maximum atomic E-state index is 11.4. The summed E-state index contributed by atoms with van der Waals surface area (Å²) < 4.78 is 5.52. The van der Waals surface area contributed by atoms with Crippen molar-refractivity contribution in [2.75, 3.05) is 0 Å². The van der Waals surface area contributed by atoms with Crippen LogP contribution in [0, 0.1) is 0 Å². The van der Waals surface area contributed by atoms with E-state index in [-0.39, 0.29) is 12.1 Å². The predicted molar refractivity (Wildman–Crippen MR) is 120 cm³/mol. The second-order valence-electron chi connectivity index (χ2n) is 8.25. The fraction of sp³-hybridized carbons (Fsp3) is 0.731. The van der Waals surface area contributed by atoms with Gasteiger partial charge in [-0.3, -0.25) is 4.79 Å². The van der Waals surface area contributed by atoms with E-state index < -0.39 is 0 Å². The molecule has 1 aromatic rings. The van der Waals surface area contributed by atoms with Crippen LogP contribution < -0.4 is 0 Å². The van der Waals surface area contributed by atoms with Gasteiger partial charge in [-0.1, -0.05) is 127 Å². The van der Waals surface area contributed by atoms with E-state index in [0.29, 0.717) is 0 Å². The van der Waals surface area contributed by atoms with E-state index in [2.05, 4.69) is 19.1 Å². The van der Waals surface area contributed by atoms with Crippen molar-refractivity contribution in [2.45, 2.75) is 123 Å². The lowest BCUT2D eigenvalue weighted by atomic mass is 10.0. The van der Waals surface area contributed by atoms with Gasteiger partial charge in [0.15, 0.2) is 0 Å². The fourth-order valence-corrected chi connectivity index (χ4v) is 3.86. The van der Waals surface area contributed by atoms with Gasteiger partial charge in [0.2, 0.25) is 0 Å². The molecular formula is C26H44O2. The molecule has 0 aliphatic rings. The molecule has 0 amide bonds. The van der Waals surface area contributed by atoms with Gasteiger partial charge in [-0.2, -0.15) is 0 Å². The van der Waals surface area contributed by atoms with Crippen molar-refractivity contribution in [3.8, 4) is 0 Å². The lowest BCUT2D eigenvalue weighted by Crippen LogP contribution is -2.08. The first-order valence-corrected chi connectivity index (χ1v) is 12.0. The summed E-state index contributed by atoms with van der Waals surface area (Å²) in [6.07, 6.45) is 21.4. The largest absolute Gasteiger partial charge is 0.458 e. The van der Waals surface area contributed by atoms with Crippen molar-refractivity contribution < 1.29 is 9.53 Å². The molecule has 1 unspecified atom stereocenters. The molecular weight excluding hydrogens is 344 g/mol. The van der Waals surface area contributed by atoms with Gasteiger partial charge in [-0.05, 0) is 18.4 Å². The number of benzene rings is 1. The summed E-state index contributed by atoms with van der Waals surface area (Å²) >= 11 is 0. The lowest BCUT2D eigenvalue weighted by Gasteiger charge is -2.17. The number of rotatable bonds is 18. The van der Waals surface area contributed by atoms with Gasteiger partial charge in [-0.25, -0.2) is 0 Å². The van der Waals surface area contributed by atoms with Gasteiger partial charge in [-0.15, -0.1) is 0 Å². The Bertz CT molecular complexity index is 469. The summed E-state index contributed by atoms with van der Waals surface area (Å²) in [6.45, 7) is 3.78. The molecule has 0 aliphatic heterocycles. The minimum absolute atomic E-state index is 0.0827. The minimum Gasteiger partial charge on any atom is -0.458 e. The van der Waals surface area contributed by atoms with Gasteiger partial charge in [0.25, 0.3) is 0 Å². The molecule has 28 heavy (non-hydrogen) atoms. The van der Waals surface area contributed by atoms with E-state index >= 15 is 0 Å². The van der Waals surface area contributed by atoms with Crippen molar-refractivity contribution >= 4 is 5.97 Å². The van der Waals surface area contributed by atoms with Crippen LogP contribution in [0.2, 0.25) is 0 Å². The molecule has 2 nitrogen and oxygen atoms in total. The SMILES string of the molecule is CCCCCCCCCCCCCCCCCC(OC(C)=O)c1ccccc1. The summed E-state index contributed by atoms with van der Waals surface area (Å²) in [5, 5.41) is 0. The molecule has 160 valence electrons. The van der Waals surface area contributed by atoms with E-state index in [1.807, 2.05) is 18.2 Å². The van der Waals surface area contributed by atoms with Gasteiger partial charge >= 0.3 is 5.97 Å². The van der Waals surface area contributed by atoms with Gasteiger partial charge < -0.3 is 4.74 Å². The molecule has 0 aromatic heterocycles. The quantitative estimate of drug-likeness (QED) is 0.186. The molecule has 0 spiro atoms. The third-order valence-electron chi connectivity index (χ3n) is 5.55. The molecule has 1 atom stereocenters. The predicted octanol–water partition coefficient (Wildman–Crippen LogP) is 8.55. The number of unbranched alkanes of at least 4 members (excludes halogenated alkanes) is 14. The monoisotopic (exact) mass is 388 g/mol. The molecule has 1 aromatic carbocycles. The first-order valence-electron chi connectivity index (χ1n) is 12.0. The first-order chi connectivity index (χ1) is 13.7. The normalized spacial score (nSPS) is 12.1. The lowest BCUT2D eigenvalue weighted by molar-refractivity contribution is -0.147. The molecule has 1 rings (SSSR count). The molecule has 0 fully saturated rings. The van der Waals surface area contributed by atoms with Crippen LogP contribution in [-0.4, -0.2) is 5.97 Å². The Labute approximate surface area is 174 Å². The van der Waals surface area contributed by atoms with Crippen molar-refractivity contribution in [1.29, 1.82) is 0 Å². The number of hydrogen-bond acceptors (Lipinski definition) is 2. The first kappa shape index (κ1) is 24.7. The highest BCUT2D eigenvalue weighted by molar-refractivity contribution is 5.66. The van der Waals surface area contributed by atoms with E-state index in [1.54, 1.807) is 0 Å². The Morgan fingerprint density at radius 3 is 1.57 bits per heavy atom. The van der Waals surface area contributed by atoms with Crippen molar-refractivity contribution in [2.24, 2.45) is 0 Å². The molecule has 0 bridgehead atoms. The van der Waals surface area contributed by atoms with E-state index in [1.165, 1.54) is 96.8 Å². The second-order valence-corrected chi connectivity index (χ2v) is 8.25. The van der Waals surface area contributed by atoms with Crippen LogP contribution in [0.5, 0.6) is 0 Å². The molecule has 0 saturated carbocycles.